The van der Waals surface area contributed by atoms with Crippen LogP contribution < -0.4 is 14.5 Å². The Morgan fingerprint density at radius 1 is 1.02 bits per heavy atom. The number of benzene rings is 2. The van der Waals surface area contributed by atoms with Gasteiger partial charge < -0.3 is 14.7 Å². The van der Waals surface area contributed by atoms with Crippen LogP contribution >= 0.6 is 0 Å². The van der Waals surface area contributed by atoms with Crippen molar-refractivity contribution in [1.82, 2.24) is 9.97 Å². The third-order valence-corrected chi connectivity index (χ3v) is 8.68. The summed E-state index contributed by atoms with van der Waals surface area (Å²) in [5.74, 6) is 1.33. The average molecular weight is 599 g/mol. The molecule has 1 saturated heterocycles. The quantitative estimate of drug-likeness (QED) is 0.240. The second-order valence-corrected chi connectivity index (χ2v) is 13.6. The molecule has 1 amide bonds. The zero-order chi connectivity index (χ0) is 31.3. The van der Waals surface area contributed by atoms with Crippen LogP contribution in [0, 0.1) is 17.3 Å². The van der Waals surface area contributed by atoms with Crippen LogP contribution in [-0.2, 0) is 11.2 Å². The van der Waals surface area contributed by atoms with Gasteiger partial charge >= 0.3 is 5.97 Å². The molecule has 8 heteroatoms. The zero-order valence-corrected chi connectivity index (χ0v) is 26.5. The van der Waals surface area contributed by atoms with Gasteiger partial charge in [-0.1, -0.05) is 45.9 Å². The van der Waals surface area contributed by atoms with Crippen LogP contribution in [0.15, 0.2) is 60.9 Å². The molecule has 1 N–H and O–H groups in total. The number of hydrogen-bond acceptors (Lipinski definition) is 6. The van der Waals surface area contributed by atoms with Crippen LogP contribution in [0.4, 0.5) is 11.6 Å². The van der Waals surface area contributed by atoms with E-state index < -0.39 is 5.97 Å². The first-order valence-corrected chi connectivity index (χ1v) is 16.0. The summed E-state index contributed by atoms with van der Waals surface area (Å²) < 4.78 is 6.27. The first-order chi connectivity index (χ1) is 21.1. The molecule has 234 valence electrons. The molecule has 1 aliphatic carbocycles. The number of ether oxygens (including phenoxy) is 1. The molecule has 0 bridgehead atoms. The number of aliphatic carboxylic acids is 1. The maximum absolute atomic E-state index is 14.2. The van der Waals surface area contributed by atoms with Crippen molar-refractivity contribution in [2.75, 3.05) is 36.0 Å². The molecule has 2 aromatic carbocycles. The van der Waals surface area contributed by atoms with Crippen molar-refractivity contribution in [2.45, 2.75) is 72.1 Å². The molecule has 1 atom stereocenters. The van der Waals surface area contributed by atoms with Crippen molar-refractivity contribution in [3.8, 4) is 5.75 Å². The predicted octanol–water partition coefficient (Wildman–Crippen LogP) is 7.00. The van der Waals surface area contributed by atoms with Gasteiger partial charge in [0, 0.05) is 37.7 Å². The molecular formula is C36H46N4O4. The number of carboxylic acid groups (broad SMARTS) is 1. The smallest absolute Gasteiger partial charge is 0.303 e. The van der Waals surface area contributed by atoms with Gasteiger partial charge in [0.2, 0.25) is 5.95 Å². The summed E-state index contributed by atoms with van der Waals surface area (Å²) in [4.78, 5) is 38.5. The summed E-state index contributed by atoms with van der Waals surface area (Å²) in [5.41, 5.74) is 3.78. The van der Waals surface area contributed by atoms with Gasteiger partial charge in [-0.25, -0.2) is 9.97 Å². The molecule has 8 nitrogen and oxygen atoms in total. The highest BCUT2D eigenvalue weighted by molar-refractivity contribution is 6.09. The zero-order valence-electron chi connectivity index (χ0n) is 26.5. The van der Waals surface area contributed by atoms with Gasteiger partial charge in [0.25, 0.3) is 5.91 Å². The molecule has 1 unspecified atom stereocenters. The van der Waals surface area contributed by atoms with Crippen LogP contribution in [0.25, 0.3) is 0 Å². The lowest BCUT2D eigenvalue weighted by Crippen LogP contribution is -2.41. The summed E-state index contributed by atoms with van der Waals surface area (Å²) in [6, 6.07) is 16.0. The minimum atomic E-state index is -0.746. The number of piperidine rings is 1. The molecule has 1 saturated carbocycles. The van der Waals surface area contributed by atoms with Gasteiger partial charge in [0.1, 0.15) is 5.75 Å². The minimum Gasteiger partial charge on any atom is -0.493 e. The minimum absolute atomic E-state index is 0.0582. The number of hydrogen-bond donors (Lipinski definition) is 1. The summed E-state index contributed by atoms with van der Waals surface area (Å²) in [5, 5.41) is 9.41. The van der Waals surface area contributed by atoms with E-state index in [-0.39, 0.29) is 23.7 Å². The normalized spacial score (nSPS) is 16.4. The van der Waals surface area contributed by atoms with Crippen molar-refractivity contribution in [3.63, 3.8) is 0 Å². The fourth-order valence-corrected chi connectivity index (χ4v) is 6.16. The lowest BCUT2D eigenvalue weighted by molar-refractivity contribution is -0.137. The molecule has 2 aliphatic rings. The number of amides is 1. The summed E-state index contributed by atoms with van der Waals surface area (Å²) in [7, 11) is 0. The molecule has 2 fully saturated rings. The number of nitrogens with zero attached hydrogens (tertiary/aromatic N) is 4. The highest BCUT2D eigenvalue weighted by atomic mass is 16.5. The number of aryl methyl sites for hydroxylation is 1. The Morgan fingerprint density at radius 3 is 2.39 bits per heavy atom. The fraction of sp³-hybridized carbons (Fsp3) is 0.500. The van der Waals surface area contributed by atoms with E-state index in [4.69, 9.17) is 4.74 Å². The molecule has 2 heterocycles. The lowest BCUT2D eigenvalue weighted by Gasteiger charge is -2.36. The number of rotatable bonds is 12. The van der Waals surface area contributed by atoms with Crippen molar-refractivity contribution < 1.29 is 19.4 Å². The van der Waals surface area contributed by atoms with Crippen LogP contribution in [-0.4, -0.2) is 53.2 Å². The maximum atomic E-state index is 14.2. The van der Waals surface area contributed by atoms with E-state index in [1.165, 1.54) is 5.56 Å². The van der Waals surface area contributed by atoms with E-state index >= 15 is 0 Å². The van der Waals surface area contributed by atoms with Crippen LogP contribution in [0.5, 0.6) is 5.75 Å². The molecule has 1 aliphatic heterocycles. The predicted molar refractivity (Wildman–Crippen MR) is 174 cm³/mol. The van der Waals surface area contributed by atoms with E-state index in [1.807, 2.05) is 30.3 Å². The van der Waals surface area contributed by atoms with Gasteiger partial charge in [-0.15, -0.1) is 0 Å². The molecule has 1 aromatic heterocycles. The first kappa shape index (κ1) is 31.5. The maximum Gasteiger partial charge on any atom is 0.303 e. The molecule has 44 heavy (non-hydrogen) atoms. The Balaban J connectivity index is 1.26. The molecule has 5 rings (SSSR count). The van der Waals surface area contributed by atoms with E-state index in [9.17, 15) is 14.7 Å². The summed E-state index contributed by atoms with van der Waals surface area (Å²) in [6.07, 6.45) is 8.54. The number of carbonyl (C=O) groups excluding carboxylic acids is 1. The summed E-state index contributed by atoms with van der Waals surface area (Å²) in [6.45, 7) is 11.3. The monoisotopic (exact) mass is 598 g/mol. The molecule has 0 radical (unpaired) electrons. The van der Waals surface area contributed by atoms with E-state index in [1.54, 1.807) is 23.4 Å². The van der Waals surface area contributed by atoms with E-state index in [0.717, 1.165) is 62.2 Å². The first-order valence-electron chi connectivity index (χ1n) is 16.0. The van der Waals surface area contributed by atoms with E-state index in [0.29, 0.717) is 36.5 Å². The van der Waals surface area contributed by atoms with E-state index in [2.05, 4.69) is 54.7 Å². The highest BCUT2D eigenvalue weighted by Crippen LogP contribution is 2.45. The Hall–Kier alpha value is -3.94. The Bertz CT molecular complexity index is 1430. The Morgan fingerprint density at radius 2 is 1.75 bits per heavy atom. The largest absolute Gasteiger partial charge is 0.493 e. The number of anilines is 2. The standard InChI is InChI=1S/C36H46N4O4/c1-5-25-10-13-30(34(43)40(24-36(2,3)4)35-37-16-7-17-38-35)32(20-25)39-18-14-26(15-19-39)23-44-29-9-6-8-28(21-29)31(22-33(41)42)27-11-12-27/h6-10,13,16-17,20-21,26-27,31H,5,11-12,14-15,18-19,22-24H2,1-4H3,(H,41,42). The van der Waals surface area contributed by atoms with Crippen LogP contribution in [0.2, 0.25) is 0 Å². The van der Waals surface area contributed by atoms with Gasteiger partial charge in [-0.2, -0.15) is 0 Å². The number of carbonyl (C=O) groups is 2. The molecule has 0 spiro atoms. The SMILES string of the molecule is CCc1ccc(C(=O)N(CC(C)(C)C)c2ncccn2)c(N2CCC(COc3cccc(C(CC(=O)O)C4CC4)c3)CC2)c1. The van der Waals surface area contributed by atoms with Gasteiger partial charge in [-0.05, 0) is 96.7 Å². The third-order valence-electron chi connectivity index (χ3n) is 8.68. The lowest BCUT2D eigenvalue weighted by atomic mass is 9.91. The van der Waals surface area contributed by atoms with Crippen molar-refractivity contribution in [1.29, 1.82) is 0 Å². The average Bonchev–Trinajstić information content (AvgIpc) is 3.87. The molecular weight excluding hydrogens is 552 g/mol. The van der Waals surface area contributed by atoms with Gasteiger partial charge in [-0.3, -0.25) is 14.5 Å². The van der Waals surface area contributed by atoms with Crippen LogP contribution in [0.3, 0.4) is 0 Å². The Labute approximate surface area is 261 Å². The number of aromatic nitrogens is 2. The topological polar surface area (TPSA) is 95.9 Å². The second-order valence-electron chi connectivity index (χ2n) is 13.6. The third kappa shape index (κ3) is 8.16. The Kier molecular flexibility index (Phi) is 9.87. The number of carboxylic acids is 1. The van der Waals surface area contributed by atoms with Gasteiger partial charge in [0.15, 0.2) is 0 Å². The highest BCUT2D eigenvalue weighted by Gasteiger charge is 2.34. The van der Waals surface area contributed by atoms with Crippen molar-refractivity contribution in [3.05, 3.63) is 77.6 Å². The summed E-state index contributed by atoms with van der Waals surface area (Å²) >= 11 is 0. The van der Waals surface area contributed by atoms with Crippen molar-refractivity contribution >= 4 is 23.5 Å². The van der Waals surface area contributed by atoms with Gasteiger partial charge in [0.05, 0.1) is 18.6 Å². The van der Waals surface area contributed by atoms with Crippen molar-refractivity contribution in [2.24, 2.45) is 17.3 Å². The second kappa shape index (κ2) is 13.8. The van der Waals surface area contributed by atoms with Crippen LogP contribution in [0.1, 0.15) is 87.2 Å². The molecule has 3 aromatic rings. The fourth-order valence-electron chi connectivity index (χ4n) is 6.16.